The zero-order valence-electron chi connectivity index (χ0n) is 15.5. The highest BCUT2D eigenvalue weighted by Crippen LogP contribution is 2.17. The van der Waals surface area contributed by atoms with Crippen LogP contribution in [0.2, 0.25) is 0 Å². The minimum Gasteiger partial charge on any atom is -0.347 e. The smallest absolute Gasteiger partial charge is 0.289 e. The average molecular weight is 392 g/mol. The molecule has 0 radical (unpaired) electrons. The summed E-state index contributed by atoms with van der Waals surface area (Å²) in [7, 11) is -1.38. The highest BCUT2D eigenvalue weighted by atomic mass is 32.2. The zero-order chi connectivity index (χ0) is 19.6. The number of imidazole rings is 1. The summed E-state index contributed by atoms with van der Waals surface area (Å²) >= 11 is 0. The Kier molecular flexibility index (Phi) is 5.50. The number of rotatable bonds is 6. The van der Waals surface area contributed by atoms with Crippen LogP contribution < -0.4 is 5.32 Å². The van der Waals surface area contributed by atoms with Gasteiger partial charge in [0.15, 0.2) is 15.5 Å². The minimum atomic E-state index is -3.10. The van der Waals surface area contributed by atoms with Crippen LogP contribution in [-0.4, -0.2) is 65.7 Å². The van der Waals surface area contributed by atoms with Crippen molar-refractivity contribution in [2.24, 2.45) is 0 Å². The number of fused-ring (bicyclic) bond motifs is 1. The number of nitrogens with one attached hydrogen (secondary N) is 1. The van der Waals surface area contributed by atoms with Gasteiger partial charge in [-0.15, -0.1) is 0 Å². The molecule has 2 aromatic heterocycles. The summed E-state index contributed by atoms with van der Waals surface area (Å²) in [5.74, 6) is -0.527. The fourth-order valence-corrected chi connectivity index (χ4v) is 4.86. The summed E-state index contributed by atoms with van der Waals surface area (Å²) in [6, 6.07) is 4.83. The van der Waals surface area contributed by atoms with Crippen LogP contribution in [0.4, 0.5) is 0 Å². The van der Waals surface area contributed by atoms with E-state index in [4.69, 9.17) is 0 Å². The summed E-state index contributed by atoms with van der Waals surface area (Å²) in [6.45, 7) is 2.66. The van der Waals surface area contributed by atoms with Crippen molar-refractivity contribution in [3.05, 3.63) is 35.9 Å². The number of unbranched alkanes of at least 4 members (excludes halogenated alkanes) is 1. The predicted octanol–water partition coefficient (Wildman–Crippen LogP) is 1.12. The third-order valence-corrected chi connectivity index (χ3v) is 6.48. The number of sulfone groups is 1. The summed E-state index contributed by atoms with van der Waals surface area (Å²) in [6.07, 6.45) is 3.94. The van der Waals surface area contributed by atoms with Gasteiger partial charge in [-0.2, -0.15) is 0 Å². The molecule has 9 heteroatoms. The third kappa shape index (κ3) is 4.13. The number of aromatic nitrogens is 2. The molecule has 2 amide bonds. The Balaban J connectivity index is 1.88. The first-order valence-corrected chi connectivity index (χ1v) is 10.9. The quantitative estimate of drug-likeness (QED) is 0.794. The Labute approximate surface area is 158 Å². The van der Waals surface area contributed by atoms with Crippen LogP contribution in [0.25, 0.3) is 5.52 Å². The van der Waals surface area contributed by atoms with E-state index in [9.17, 15) is 18.0 Å². The van der Waals surface area contributed by atoms with E-state index in [-0.39, 0.29) is 28.9 Å². The second-order valence-corrected chi connectivity index (χ2v) is 9.12. The molecule has 0 saturated carbocycles. The fraction of sp³-hybridized carbons (Fsp3) is 0.500. The van der Waals surface area contributed by atoms with E-state index >= 15 is 0 Å². The molecule has 1 atom stereocenters. The van der Waals surface area contributed by atoms with Crippen molar-refractivity contribution < 1.29 is 18.0 Å². The highest BCUT2D eigenvalue weighted by molar-refractivity contribution is 7.91. The van der Waals surface area contributed by atoms with Crippen LogP contribution in [0.15, 0.2) is 24.4 Å². The molecule has 8 nitrogen and oxygen atoms in total. The van der Waals surface area contributed by atoms with Crippen LogP contribution >= 0.6 is 0 Å². The Morgan fingerprint density at radius 2 is 2.15 bits per heavy atom. The molecule has 0 aliphatic carbocycles. The highest BCUT2D eigenvalue weighted by Gasteiger charge is 2.31. The van der Waals surface area contributed by atoms with Gasteiger partial charge < -0.3 is 10.2 Å². The molecule has 1 fully saturated rings. The van der Waals surface area contributed by atoms with Crippen molar-refractivity contribution in [3.8, 4) is 0 Å². The van der Waals surface area contributed by atoms with Gasteiger partial charge in [0, 0.05) is 25.8 Å². The molecule has 1 N–H and O–H groups in total. The number of amides is 2. The maximum absolute atomic E-state index is 12.8. The SMILES string of the molecule is CCCCN(C)C(=O)c1nc(C(=O)NC2CCS(=O)(=O)C2)c2ccccn12. The molecule has 1 saturated heterocycles. The minimum absolute atomic E-state index is 0.0595. The lowest BCUT2D eigenvalue weighted by Crippen LogP contribution is -2.36. The van der Waals surface area contributed by atoms with E-state index in [1.54, 1.807) is 40.7 Å². The van der Waals surface area contributed by atoms with Gasteiger partial charge in [0.1, 0.15) is 0 Å². The Bertz CT molecular complexity index is 967. The van der Waals surface area contributed by atoms with E-state index < -0.39 is 21.8 Å². The molecule has 1 aliphatic rings. The maximum atomic E-state index is 12.8. The summed E-state index contributed by atoms with van der Waals surface area (Å²) < 4.78 is 24.8. The standard InChI is InChI=1S/C18H24N4O4S/c1-3-4-9-21(2)18(24)16-20-15(14-7-5-6-10-22(14)16)17(23)19-13-8-11-27(25,26)12-13/h5-7,10,13H,3-4,8-9,11-12H2,1-2H3,(H,19,23). The van der Waals surface area contributed by atoms with Gasteiger partial charge in [-0.25, -0.2) is 13.4 Å². The van der Waals surface area contributed by atoms with E-state index in [1.165, 1.54) is 0 Å². The summed E-state index contributed by atoms with van der Waals surface area (Å²) in [4.78, 5) is 31.4. The first kappa shape index (κ1) is 19.3. The van der Waals surface area contributed by atoms with Crippen molar-refractivity contribution in [3.63, 3.8) is 0 Å². The first-order chi connectivity index (χ1) is 12.8. The van der Waals surface area contributed by atoms with E-state index in [0.717, 1.165) is 12.8 Å². The summed E-state index contributed by atoms with van der Waals surface area (Å²) in [5, 5.41) is 2.74. The second-order valence-electron chi connectivity index (χ2n) is 6.89. The first-order valence-electron chi connectivity index (χ1n) is 9.06. The molecule has 27 heavy (non-hydrogen) atoms. The van der Waals surface area contributed by atoms with E-state index in [0.29, 0.717) is 18.5 Å². The van der Waals surface area contributed by atoms with Gasteiger partial charge in [-0.1, -0.05) is 19.4 Å². The van der Waals surface area contributed by atoms with Crippen LogP contribution in [0.3, 0.4) is 0 Å². The lowest BCUT2D eigenvalue weighted by molar-refractivity contribution is 0.0780. The van der Waals surface area contributed by atoms with Gasteiger partial charge in [0.2, 0.25) is 5.82 Å². The van der Waals surface area contributed by atoms with Crippen LogP contribution in [0.1, 0.15) is 47.3 Å². The van der Waals surface area contributed by atoms with Gasteiger partial charge in [-0.05, 0) is 25.0 Å². The largest absolute Gasteiger partial charge is 0.347 e. The van der Waals surface area contributed by atoms with Gasteiger partial charge in [0.05, 0.1) is 17.0 Å². The number of carbonyl (C=O) groups excluding carboxylic acids is 2. The number of nitrogens with zero attached hydrogens (tertiary/aromatic N) is 3. The maximum Gasteiger partial charge on any atom is 0.289 e. The lowest BCUT2D eigenvalue weighted by atomic mass is 10.2. The van der Waals surface area contributed by atoms with Crippen LogP contribution in [0, 0.1) is 0 Å². The topological polar surface area (TPSA) is 101 Å². The molecule has 2 aromatic rings. The normalized spacial score (nSPS) is 18.5. The van der Waals surface area contributed by atoms with E-state index in [2.05, 4.69) is 17.2 Å². The number of hydrogen-bond acceptors (Lipinski definition) is 5. The number of pyridine rings is 1. The van der Waals surface area contributed by atoms with Crippen LogP contribution in [-0.2, 0) is 9.84 Å². The Morgan fingerprint density at radius 3 is 2.81 bits per heavy atom. The lowest BCUT2D eigenvalue weighted by Gasteiger charge is -2.15. The predicted molar refractivity (Wildman–Crippen MR) is 102 cm³/mol. The molecule has 1 aliphatic heterocycles. The molecule has 0 aromatic carbocycles. The Hall–Kier alpha value is -2.42. The van der Waals surface area contributed by atoms with Crippen molar-refractivity contribution in [2.75, 3.05) is 25.1 Å². The van der Waals surface area contributed by atoms with Gasteiger partial charge >= 0.3 is 0 Å². The van der Waals surface area contributed by atoms with Crippen molar-refractivity contribution >= 4 is 27.2 Å². The van der Waals surface area contributed by atoms with Gasteiger partial charge in [-0.3, -0.25) is 14.0 Å². The average Bonchev–Trinajstić information content (AvgIpc) is 3.19. The second kappa shape index (κ2) is 7.67. The third-order valence-electron chi connectivity index (χ3n) is 4.72. The number of hydrogen-bond donors (Lipinski definition) is 1. The van der Waals surface area contributed by atoms with Crippen molar-refractivity contribution in [1.29, 1.82) is 0 Å². The molecule has 1 unspecified atom stereocenters. The van der Waals surface area contributed by atoms with Crippen molar-refractivity contribution in [1.82, 2.24) is 19.6 Å². The monoisotopic (exact) mass is 392 g/mol. The molecular formula is C18H24N4O4S. The zero-order valence-corrected chi connectivity index (χ0v) is 16.3. The molecule has 3 heterocycles. The Morgan fingerprint density at radius 1 is 1.37 bits per heavy atom. The van der Waals surface area contributed by atoms with Crippen molar-refractivity contribution in [2.45, 2.75) is 32.2 Å². The fourth-order valence-electron chi connectivity index (χ4n) is 3.19. The molecule has 0 bridgehead atoms. The van der Waals surface area contributed by atoms with E-state index in [1.807, 2.05) is 0 Å². The van der Waals surface area contributed by atoms with Gasteiger partial charge in [0.25, 0.3) is 11.8 Å². The number of carbonyl (C=O) groups is 2. The summed E-state index contributed by atoms with van der Waals surface area (Å²) in [5.41, 5.74) is 0.648. The molecule has 146 valence electrons. The molecule has 0 spiro atoms. The van der Waals surface area contributed by atoms with Crippen LogP contribution in [0.5, 0.6) is 0 Å². The molecule has 3 rings (SSSR count). The molecular weight excluding hydrogens is 368 g/mol.